The Bertz CT molecular complexity index is 1060. The van der Waals surface area contributed by atoms with Crippen LogP contribution < -0.4 is 16.4 Å². The molecule has 0 saturated carbocycles. The molecule has 3 amide bonds. The van der Waals surface area contributed by atoms with Gasteiger partial charge in [-0.15, -0.1) is 0 Å². The van der Waals surface area contributed by atoms with E-state index in [4.69, 9.17) is 5.73 Å². The molecule has 0 spiro atoms. The van der Waals surface area contributed by atoms with Gasteiger partial charge in [-0.3, -0.25) is 9.69 Å². The second kappa shape index (κ2) is 7.19. The van der Waals surface area contributed by atoms with E-state index in [2.05, 4.69) is 25.6 Å². The van der Waals surface area contributed by atoms with E-state index in [1.54, 1.807) is 19.1 Å². The van der Waals surface area contributed by atoms with Crippen LogP contribution in [0, 0.1) is 0 Å². The van der Waals surface area contributed by atoms with Crippen molar-refractivity contribution in [3.63, 3.8) is 0 Å². The standard InChI is InChI=1S/C20H19N7O2/c1-20(13-8-4-2-5-9-13)16(28)27(19(29)26-20)12-15-23-17(21)25-18(24-15)22-14-10-6-3-7-11-14/h2-11H,12H2,1H3,(H,26,29)(H3,21,22,23,24,25). The number of nitrogens with zero attached hydrogens (tertiary/aromatic N) is 4. The summed E-state index contributed by atoms with van der Waals surface area (Å²) < 4.78 is 0. The zero-order valence-electron chi connectivity index (χ0n) is 15.7. The van der Waals surface area contributed by atoms with Gasteiger partial charge in [-0.2, -0.15) is 15.0 Å². The minimum Gasteiger partial charge on any atom is -0.368 e. The highest BCUT2D eigenvalue weighted by molar-refractivity contribution is 6.07. The molecular formula is C20H19N7O2. The van der Waals surface area contributed by atoms with Crippen LogP contribution in [0.3, 0.4) is 0 Å². The van der Waals surface area contributed by atoms with Crippen LogP contribution >= 0.6 is 0 Å². The molecule has 1 saturated heterocycles. The quantitative estimate of drug-likeness (QED) is 0.571. The van der Waals surface area contributed by atoms with Gasteiger partial charge in [0.05, 0.1) is 6.54 Å². The number of carbonyl (C=O) groups excluding carboxylic acids is 2. The molecule has 9 heteroatoms. The van der Waals surface area contributed by atoms with Crippen molar-refractivity contribution in [2.45, 2.75) is 19.0 Å². The summed E-state index contributed by atoms with van der Waals surface area (Å²) in [5.41, 5.74) is 6.11. The SMILES string of the molecule is CC1(c2ccccc2)NC(=O)N(Cc2nc(N)nc(Nc3ccccc3)n2)C1=O. The molecule has 1 unspecified atom stereocenters. The van der Waals surface area contributed by atoms with Crippen molar-refractivity contribution in [2.24, 2.45) is 0 Å². The van der Waals surface area contributed by atoms with Gasteiger partial charge in [0.25, 0.3) is 5.91 Å². The van der Waals surface area contributed by atoms with Crippen molar-refractivity contribution in [3.05, 3.63) is 72.1 Å². The minimum atomic E-state index is -1.15. The Balaban J connectivity index is 1.58. The zero-order valence-corrected chi connectivity index (χ0v) is 15.7. The van der Waals surface area contributed by atoms with E-state index in [1.807, 2.05) is 48.5 Å². The van der Waals surface area contributed by atoms with Gasteiger partial charge in [0.2, 0.25) is 11.9 Å². The number of para-hydroxylation sites is 1. The number of nitrogen functional groups attached to an aromatic ring is 1. The van der Waals surface area contributed by atoms with E-state index < -0.39 is 11.6 Å². The Kier molecular flexibility index (Phi) is 4.55. The summed E-state index contributed by atoms with van der Waals surface area (Å²) in [6.07, 6.45) is 0. The van der Waals surface area contributed by atoms with Crippen molar-refractivity contribution < 1.29 is 9.59 Å². The van der Waals surface area contributed by atoms with Crippen molar-refractivity contribution in [1.29, 1.82) is 0 Å². The number of nitrogens with two attached hydrogens (primary N) is 1. The summed E-state index contributed by atoms with van der Waals surface area (Å²) in [6, 6.07) is 17.9. The molecule has 3 aromatic rings. The Morgan fingerprint density at radius 1 is 1.00 bits per heavy atom. The average Bonchev–Trinajstić information content (AvgIpc) is 2.93. The van der Waals surface area contributed by atoms with Gasteiger partial charge >= 0.3 is 6.03 Å². The molecule has 4 rings (SSSR count). The van der Waals surface area contributed by atoms with Gasteiger partial charge in [-0.25, -0.2) is 4.79 Å². The number of benzene rings is 2. The molecule has 0 bridgehead atoms. The van der Waals surface area contributed by atoms with Gasteiger partial charge in [0.1, 0.15) is 5.54 Å². The third-order valence-electron chi connectivity index (χ3n) is 4.65. The number of rotatable bonds is 5. The van der Waals surface area contributed by atoms with Gasteiger partial charge in [0.15, 0.2) is 5.82 Å². The molecule has 0 radical (unpaired) electrons. The maximum absolute atomic E-state index is 13.0. The Labute approximate surface area is 167 Å². The lowest BCUT2D eigenvalue weighted by molar-refractivity contribution is -0.131. The van der Waals surface area contributed by atoms with Crippen molar-refractivity contribution in [3.8, 4) is 0 Å². The number of amides is 3. The second-order valence-electron chi connectivity index (χ2n) is 6.74. The number of hydrogen-bond donors (Lipinski definition) is 3. The van der Waals surface area contributed by atoms with Crippen LogP contribution in [0.2, 0.25) is 0 Å². The van der Waals surface area contributed by atoms with E-state index in [0.29, 0.717) is 5.56 Å². The molecule has 2 heterocycles. The number of anilines is 3. The average molecular weight is 389 g/mol. The molecule has 146 valence electrons. The Morgan fingerprint density at radius 3 is 2.34 bits per heavy atom. The highest BCUT2D eigenvalue weighted by Gasteiger charge is 2.49. The lowest BCUT2D eigenvalue weighted by Crippen LogP contribution is -2.40. The van der Waals surface area contributed by atoms with E-state index in [0.717, 1.165) is 10.6 Å². The van der Waals surface area contributed by atoms with Crippen LogP contribution in [-0.4, -0.2) is 31.8 Å². The van der Waals surface area contributed by atoms with Crippen molar-refractivity contribution in [2.75, 3.05) is 11.1 Å². The van der Waals surface area contributed by atoms with E-state index in [-0.39, 0.29) is 30.2 Å². The molecule has 1 fully saturated rings. The van der Waals surface area contributed by atoms with Gasteiger partial charge in [-0.05, 0) is 24.6 Å². The Hall–Kier alpha value is -4.01. The summed E-state index contributed by atoms with van der Waals surface area (Å²) in [7, 11) is 0. The first-order chi connectivity index (χ1) is 14.0. The van der Waals surface area contributed by atoms with E-state index in [9.17, 15) is 9.59 Å². The second-order valence-corrected chi connectivity index (χ2v) is 6.74. The molecule has 2 aromatic carbocycles. The van der Waals surface area contributed by atoms with E-state index in [1.165, 1.54) is 0 Å². The third kappa shape index (κ3) is 3.57. The molecule has 1 atom stereocenters. The van der Waals surface area contributed by atoms with Crippen LogP contribution in [0.1, 0.15) is 18.3 Å². The zero-order chi connectivity index (χ0) is 20.4. The highest BCUT2D eigenvalue weighted by Crippen LogP contribution is 2.29. The smallest absolute Gasteiger partial charge is 0.325 e. The number of carbonyl (C=O) groups is 2. The lowest BCUT2D eigenvalue weighted by atomic mass is 9.92. The summed E-state index contributed by atoms with van der Waals surface area (Å²) in [5, 5.41) is 5.78. The number of nitrogens with one attached hydrogen (secondary N) is 2. The fraction of sp³-hybridized carbons (Fsp3) is 0.150. The number of aromatic nitrogens is 3. The highest BCUT2D eigenvalue weighted by atomic mass is 16.2. The number of imide groups is 1. The maximum atomic E-state index is 13.0. The molecule has 29 heavy (non-hydrogen) atoms. The normalized spacial score (nSPS) is 18.6. The first kappa shape index (κ1) is 18.4. The van der Waals surface area contributed by atoms with Crippen LogP contribution in [0.25, 0.3) is 0 Å². The largest absolute Gasteiger partial charge is 0.368 e. The fourth-order valence-electron chi connectivity index (χ4n) is 3.16. The minimum absolute atomic E-state index is 0.00805. The van der Waals surface area contributed by atoms with Gasteiger partial charge in [-0.1, -0.05) is 48.5 Å². The Morgan fingerprint density at radius 2 is 1.66 bits per heavy atom. The van der Waals surface area contributed by atoms with Gasteiger partial charge < -0.3 is 16.4 Å². The van der Waals surface area contributed by atoms with Crippen LogP contribution in [-0.2, 0) is 16.9 Å². The predicted molar refractivity (Wildman–Crippen MR) is 107 cm³/mol. The van der Waals surface area contributed by atoms with Crippen molar-refractivity contribution in [1.82, 2.24) is 25.2 Å². The fourth-order valence-corrected chi connectivity index (χ4v) is 3.16. The first-order valence-electron chi connectivity index (χ1n) is 8.98. The molecule has 1 aromatic heterocycles. The lowest BCUT2D eigenvalue weighted by Gasteiger charge is -2.22. The molecular weight excluding hydrogens is 370 g/mol. The number of urea groups is 1. The number of hydrogen-bond acceptors (Lipinski definition) is 7. The molecule has 0 aliphatic carbocycles. The van der Waals surface area contributed by atoms with Crippen molar-refractivity contribution >= 4 is 29.5 Å². The van der Waals surface area contributed by atoms with Crippen LogP contribution in [0.15, 0.2) is 60.7 Å². The molecule has 1 aliphatic rings. The van der Waals surface area contributed by atoms with Crippen LogP contribution in [0.4, 0.5) is 22.4 Å². The topological polar surface area (TPSA) is 126 Å². The third-order valence-corrected chi connectivity index (χ3v) is 4.65. The summed E-state index contributed by atoms with van der Waals surface area (Å²) in [6.45, 7) is 1.55. The van der Waals surface area contributed by atoms with E-state index >= 15 is 0 Å². The predicted octanol–water partition coefficient (Wildman–Crippen LogP) is 2.16. The molecule has 4 N–H and O–H groups in total. The molecule has 1 aliphatic heterocycles. The van der Waals surface area contributed by atoms with Gasteiger partial charge in [0, 0.05) is 5.69 Å². The molecule has 9 nitrogen and oxygen atoms in total. The van der Waals surface area contributed by atoms with Crippen LogP contribution in [0.5, 0.6) is 0 Å². The summed E-state index contributed by atoms with van der Waals surface area (Å²) in [4.78, 5) is 39.0. The summed E-state index contributed by atoms with van der Waals surface area (Å²) >= 11 is 0. The summed E-state index contributed by atoms with van der Waals surface area (Å²) in [5.74, 6) is 0.0462. The maximum Gasteiger partial charge on any atom is 0.325 e. The monoisotopic (exact) mass is 389 g/mol. The first-order valence-corrected chi connectivity index (χ1v) is 8.98.